The maximum atomic E-state index is 14.2. The molecule has 32 heavy (non-hydrogen) atoms. The van der Waals surface area contributed by atoms with Crippen molar-refractivity contribution < 1.29 is 13.9 Å². The summed E-state index contributed by atoms with van der Waals surface area (Å²) in [6, 6.07) is 4.33. The number of rotatable bonds is 3. The largest absolute Gasteiger partial charge is 0.507 e. The minimum absolute atomic E-state index is 0.00323. The first-order valence-corrected chi connectivity index (χ1v) is 10.9. The Labute approximate surface area is 183 Å². The van der Waals surface area contributed by atoms with Crippen LogP contribution in [-0.2, 0) is 6.42 Å². The summed E-state index contributed by atoms with van der Waals surface area (Å²) in [5.41, 5.74) is 2.08. The third-order valence-electron chi connectivity index (χ3n) is 6.82. The number of nitrogens with zero attached hydrogens (tertiary/aromatic N) is 6. The number of anilines is 1. The maximum Gasteiger partial charge on any atom is 0.264 e. The van der Waals surface area contributed by atoms with Crippen molar-refractivity contribution in [2.75, 3.05) is 11.4 Å². The first-order valence-electron chi connectivity index (χ1n) is 10.9. The molecule has 2 bridgehead atoms. The number of fused-ring (bicyclic) bond motifs is 3. The van der Waals surface area contributed by atoms with E-state index in [1.807, 2.05) is 6.07 Å². The van der Waals surface area contributed by atoms with Crippen molar-refractivity contribution in [1.29, 1.82) is 0 Å². The molecule has 10 heteroatoms. The van der Waals surface area contributed by atoms with Crippen molar-refractivity contribution in [3.63, 3.8) is 0 Å². The van der Waals surface area contributed by atoms with E-state index in [1.165, 1.54) is 0 Å². The van der Waals surface area contributed by atoms with Crippen molar-refractivity contribution >= 4 is 5.82 Å². The quantitative estimate of drug-likeness (QED) is 0.648. The van der Waals surface area contributed by atoms with E-state index in [9.17, 15) is 13.9 Å². The zero-order valence-corrected chi connectivity index (χ0v) is 17.3. The van der Waals surface area contributed by atoms with E-state index in [4.69, 9.17) is 4.98 Å². The predicted octanol–water partition coefficient (Wildman–Crippen LogP) is 2.71. The Hall–Kier alpha value is -3.14. The van der Waals surface area contributed by atoms with Gasteiger partial charge in [-0.2, -0.15) is 0 Å². The summed E-state index contributed by atoms with van der Waals surface area (Å²) in [4.78, 5) is 10.8. The van der Waals surface area contributed by atoms with Gasteiger partial charge in [-0.3, -0.25) is 0 Å². The third-order valence-corrected chi connectivity index (χ3v) is 6.82. The Balaban J connectivity index is 1.28. The first kappa shape index (κ1) is 19.5. The molecule has 0 saturated carbocycles. The highest BCUT2D eigenvalue weighted by atomic mass is 19.3. The summed E-state index contributed by atoms with van der Waals surface area (Å²) >= 11 is 0. The van der Waals surface area contributed by atoms with Gasteiger partial charge in [0.2, 0.25) is 0 Å². The van der Waals surface area contributed by atoms with Gasteiger partial charge in [0.25, 0.3) is 5.92 Å². The molecule has 0 spiro atoms. The minimum atomic E-state index is -2.65. The summed E-state index contributed by atoms with van der Waals surface area (Å²) in [5.74, 6) is -1.55. The van der Waals surface area contributed by atoms with Crippen LogP contribution in [0.25, 0.3) is 17.1 Å². The van der Waals surface area contributed by atoms with Crippen LogP contribution in [-0.4, -0.2) is 60.4 Å². The number of benzene rings is 1. The molecule has 8 nitrogen and oxygen atoms in total. The Kier molecular flexibility index (Phi) is 4.39. The second kappa shape index (κ2) is 7.19. The summed E-state index contributed by atoms with van der Waals surface area (Å²) in [6.07, 6.45) is 7.72. The minimum Gasteiger partial charge on any atom is -0.507 e. The first-order chi connectivity index (χ1) is 15.5. The lowest BCUT2D eigenvalue weighted by molar-refractivity contribution is -0.0129. The lowest BCUT2D eigenvalue weighted by Crippen LogP contribution is -2.52. The molecule has 3 aliphatic heterocycles. The fourth-order valence-electron chi connectivity index (χ4n) is 5.30. The second-order valence-corrected chi connectivity index (χ2v) is 8.88. The number of imidazole rings is 1. The van der Waals surface area contributed by atoms with Crippen LogP contribution in [0.1, 0.15) is 31.4 Å². The van der Waals surface area contributed by atoms with Gasteiger partial charge in [-0.1, -0.05) is 0 Å². The fourth-order valence-corrected chi connectivity index (χ4v) is 5.30. The molecule has 166 valence electrons. The normalized spacial score (nSPS) is 26.2. The zero-order chi connectivity index (χ0) is 21.9. The molecule has 2 N–H and O–H groups in total. The third kappa shape index (κ3) is 3.21. The van der Waals surface area contributed by atoms with Gasteiger partial charge in [-0.05, 0) is 37.8 Å². The number of hydrogen-bond donors (Lipinski definition) is 2. The molecular weight excluding hydrogens is 416 g/mol. The van der Waals surface area contributed by atoms with Gasteiger partial charge in [0, 0.05) is 43.5 Å². The molecule has 0 radical (unpaired) electrons. The molecule has 3 atom stereocenters. The molecule has 0 unspecified atom stereocenters. The number of phenolic OH excluding ortho intramolecular Hbond substituents is 1. The lowest BCUT2D eigenvalue weighted by atomic mass is 9.96. The standard InChI is InChI=1S/C22H23F2N7O/c23-22(24)11-13-8-15(10-19(22)26-13)31-6-1-2-17-21(31)29-28-20(27-17)16-4-3-14(9-18(16)32)30-7-5-25-12-30/h3-5,7,9,12-13,15,19,26,32H,1-2,6,8,10-11H2/t13-,15+,19+/m1/s1. The Bertz CT molecular complexity index is 1150. The van der Waals surface area contributed by atoms with Crippen molar-refractivity contribution in [2.45, 2.75) is 56.2 Å². The van der Waals surface area contributed by atoms with Crippen LogP contribution in [0.3, 0.4) is 0 Å². The molecule has 0 aliphatic carbocycles. The van der Waals surface area contributed by atoms with Crippen molar-refractivity contribution in [2.24, 2.45) is 0 Å². The number of nitrogens with one attached hydrogen (secondary N) is 1. The van der Waals surface area contributed by atoms with Crippen molar-refractivity contribution in [3.05, 3.63) is 42.6 Å². The number of hydrogen-bond acceptors (Lipinski definition) is 7. The van der Waals surface area contributed by atoms with Crippen LogP contribution in [0.5, 0.6) is 5.75 Å². The van der Waals surface area contributed by atoms with Crippen LogP contribution in [0.4, 0.5) is 14.6 Å². The number of aromatic nitrogens is 5. The maximum absolute atomic E-state index is 14.2. The van der Waals surface area contributed by atoms with Gasteiger partial charge >= 0.3 is 0 Å². The van der Waals surface area contributed by atoms with Gasteiger partial charge in [-0.15, -0.1) is 10.2 Å². The van der Waals surface area contributed by atoms with E-state index in [-0.39, 0.29) is 24.3 Å². The average molecular weight is 439 g/mol. The van der Waals surface area contributed by atoms with Gasteiger partial charge in [0.05, 0.1) is 29.3 Å². The van der Waals surface area contributed by atoms with Gasteiger partial charge < -0.3 is 19.9 Å². The van der Waals surface area contributed by atoms with Crippen molar-refractivity contribution in [1.82, 2.24) is 30.0 Å². The smallest absolute Gasteiger partial charge is 0.264 e. The van der Waals surface area contributed by atoms with E-state index in [2.05, 4.69) is 25.4 Å². The molecule has 2 fully saturated rings. The molecule has 6 rings (SSSR count). The predicted molar refractivity (Wildman–Crippen MR) is 113 cm³/mol. The number of aromatic hydroxyl groups is 1. The van der Waals surface area contributed by atoms with Gasteiger partial charge in [-0.25, -0.2) is 18.7 Å². The summed E-state index contributed by atoms with van der Waals surface area (Å²) in [6.45, 7) is 0.767. The molecule has 3 aliphatic rings. The number of aryl methyl sites for hydroxylation is 1. The van der Waals surface area contributed by atoms with Crippen LogP contribution in [0, 0.1) is 0 Å². The van der Waals surface area contributed by atoms with Crippen LogP contribution < -0.4 is 10.2 Å². The number of phenols is 1. The number of halogens is 2. The second-order valence-electron chi connectivity index (χ2n) is 8.88. The monoisotopic (exact) mass is 439 g/mol. The molecule has 2 saturated heterocycles. The van der Waals surface area contributed by atoms with Crippen molar-refractivity contribution in [3.8, 4) is 22.8 Å². The van der Waals surface area contributed by atoms with Gasteiger partial charge in [0.15, 0.2) is 11.6 Å². The highest BCUT2D eigenvalue weighted by molar-refractivity contribution is 5.66. The van der Waals surface area contributed by atoms with Crippen LogP contribution in [0.15, 0.2) is 36.9 Å². The van der Waals surface area contributed by atoms with E-state index >= 15 is 0 Å². The molecule has 2 aromatic heterocycles. The molecule has 5 heterocycles. The molecule has 1 aromatic carbocycles. The highest BCUT2D eigenvalue weighted by Crippen LogP contribution is 2.42. The van der Waals surface area contributed by atoms with E-state index in [0.717, 1.165) is 30.8 Å². The molecular formula is C22H23F2N7O. The number of alkyl halides is 2. The van der Waals surface area contributed by atoms with Crippen LogP contribution in [0.2, 0.25) is 0 Å². The van der Waals surface area contributed by atoms with Gasteiger partial charge in [0.1, 0.15) is 5.75 Å². The summed E-state index contributed by atoms with van der Waals surface area (Å²) in [5, 5.41) is 22.4. The Morgan fingerprint density at radius 3 is 2.88 bits per heavy atom. The van der Waals surface area contributed by atoms with E-state index in [1.54, 1.807) is 35.4 Å². The fraction of sp³-hybridized carbons (Fsp3) is 0.455. The Morgan fingerprint density at radius 2 is 2.09 bits per heavy atom. The van der Waals surface area contributed by atoms with E-state index in [0.29, 0.717) is 30.0 Å². The Morgan fingerprint density at radius 1 is 1.19 bits per heavy atom. The summed E-state index contributed by atoms with van der Waals surface area (Å²) in [7, 11) is 0. The van der Waals surface area contributed by atoms with Crippen LogP contribution >= 0.6 is 0 Å². The molecule has 0 amide bonds. The van der Waals surface area contributed by atoms with E-state index < -0.39 is 12.0 Å². The highest BCUT2D eigenvalue weighted by Gasteiger charge is 2.53. The average Bonchev–Trinajstić information content (AvgIpc) is 3.39. The summed E-state index contributed by atoms with van der Waals surface area (Å²) < 4.78 is 30.2. The SMILES string of the molecule is Oc1cc(-n2ccnc2)ccc1-c1nnc2c(n1)CCCN2[C@H]1C[C@@H]2CC(F)(F)[C@H](C1)N2. The number of piperidine rings is 1. The lowest BCUT2D eigenvalue weighted by Gasteiger charge is -2.40. The molecule has 3 aromatic rings. The topological polar surface area (TPSA) is 92.0 Å². The zero-order valence-electron chi connectivity index (χ0n) is 17.3.